The molecule has 0 saturated heterocycles. The fraction of sp³-hybridized carbons (Fsp3) is 0.462. The summed E-state index contributed by atoms with van der Waals surface area (Å²) in [5.74, 6) is 1.06. The van der Waals surface area contributed by atoms with Crippen LogP contribution in [-0.4, -0.2) is 30.7 Å². The Bertz CT molecular complexity index is 463. The van der Waals surface area contributed by atoms with Gasteiger partial charge in [0.1, 0.15) is 11.5 Å². The number of hydrogen-bond donors (Lipinski definition) is 1. The lowest BCUT2D eigenvalue weighted by atomic mass is 9.80. The minimum Gasteiger partial charge on any atom is -0.496 e. The molecule has 0 aromatic heterocycles. The van der Waals surface area contributed by atoms with Gasteiger partial charge in [0.25, 0.3) is 0 Å². The number of ether oxygens (including phenoxy) is 2. The molecular weight excluding hydrogens is 220 g/mol. The highest BCUT2D eigenvalue weighted by molar-refractivity contribution is 6.02. The van der Waals surface area contributed by atoms with E-state index >= 15 is 0 Å². The first-order chi connectivity index (χ1) is 7.98. The third-order valence-corrected chi connectivity index (χ3v) is 3.05. The molecule has 0 fully saturated rings. The highest BCUT2D eigenvalue weighted by atomic mass is 16.5. The SMILES string of the molecule is COc1ccc(OC)c2c1C[C@@](C)(O)CC2=O. The molecule has 0 radical (unpaired) electrons. The molecule has 2 rings (SSSR count). The number of methoxy groups -OCH3 is 2. The first-order valence-corrected chi connectivity index (χ1v) is 5.48. The smallest absolute Gasteiger partial charge is 0.169 e. The monoisotopic (exact) mass is 236 g/mol. The summed E-state index contributed by atoms with van der Waals surface area (Å²) < 4.78 is 10.4. The predicted octanol–water partition coefficient (Wildman–Crippen LogP) is 1.58. The Labute approximate surface area is 100 Å². The fourth-order valence-electron chi connectivity index (χ4n) is 2.33. The van der Waals surface area contributed by atoms with Gasteiger partial charge in [-0.1, -0.05) is 0 Å². The van der Waals surface area contributed by atoms with Crippen molar-refractivity contribution in [3.63, 3.8) is 0 Å². The molecule has 1 aliphatic carbocycles. The van der Waals surface area contributed by atoms with E-state index in [1.807, 2.05) is 0 Å². The normalized spacial score (nSPS) is 23.2. The van der Waals surface area contributed by atoms with E-state index in [0.29, 0.717) is 23.5 Å². The van der Waals surface area contributed by atoms with Crippen LogP contribution < -0.4 is 9.47 Å². The standard InChI is InChI=1S/C13H16O4/c1-13(15)6-8-10(16-2)4-5-11(17-3)12(8)9(14)7-13/h4-5,15H,6-7H2,1-3H3/t13-/m1/s1. The van der Waals surface area contributed by atoms with Gasteiger partial charge < -0.3 is 14.6 Å². The van der Waals surface area contributed by atoms with Crippen molar-refractivity contribution >= 4 is 5.78 Å². The van der Waals surface area contributed by atoms with Crippen LogP contribution in [0.25, 0.3) is 0 Å². The van der Waals surface area contributed by atoms with Crippen LogP contribution in [0.3, 0.4) is 0 Å². The third-order valence-electron chi connectivity index (χ3n) is 3.05. The summed E-state index contributed by atoms with van der Waals surface area (Å²) in [5, 5.41) is 10.1. The van der Waals surface area contributed by atoms with Gasteiger partial charge in [-0.3, -0.25) is 4.79 Å². The second-order valence-electron chi connectivity index (χ2n) is 4.60. The lowest BCUT2D eigenvalue weighted by molar-refractivity contribution is 0.0402. The molecule has 1 aliphatic rings. The summed E-state index contributed by atoms with van der Waals surface area (Å²) in [7, 11) is 3.08. The lowest BCUT2D eigenvalue weighted by Gasteiger charge is -2.30. The van der Waals surface area contributed by atoms with Gasteiger partial charge in [0, 0.05) is 18.4 Å². The lowest BCUT2D eigenvalue weighted by Crippen LogP contribution is -2.36. The van der Waals surface area contributed by atoms with Crippen molar-refractivity contribution in [2.75, 3.05) is 14.2 Å². The molecule has 92 valence electrons. The molecule has 1 N–H and O–H groups in total. The van der Waals surface area contributed by atoms with Crippen molar-refractivity contribution < 1.29 is 19.4 Å². The van der Waals surface area contributed by atoms with Gasteiger partial charge in [-0.15, -0.1) is 0 Å². The van der Waals surface area contributed by atoms with Crippen molar-refractivity contribution in [3.05, 3.63) is 23.3 Å². The predicted molar refractivity (Wildman–Crippen MR) is 62.8 cm³/mol. The molecule has 4 nitrogen and oxygen atoms in total. The van der Waals surface area contributed by atoms with E-state index in [1.54, 1.807) is 26.2 Å². The number of rotatable bonds is 2. The molecule has 0 unspecified atom stereocenters. The second-order valence-corrected chi connectivity index (χ2v) is 4.60. The summed E-state index contributed by atoms with van der Waals surface area (Å²) in [6, 6.07) is 3.47. The number of Topliss-reactive ketones (excluding diaryl/α,β-unsaturated/α-hetero) is 1. The van der Waals surface area contributed by atoms with Crippen LogP contribution >= 0.6 is 0 Å². The summed E-state index contributed by atoms with van der Waals surface area (Å²) in [5.41, 5.74) is 0.260. The zero-order chi connectivity index (χ0) is 12.6. The van der Waals surface area contributed by atoms with Gasteiger partial charge in [-0.05, 0) is 19.1 Å². The Morgan fingerprint density at radius 2 is 1.76 bits per heavy atom. The molecule has 1 aromatic rings. The minimum atomic E-state index is -1.01. The molecule has 1 aromatic carbocycles. The maximum Gasteiger partial charge on any atom is 0.169 e. The van der Waals surface area contributed by atoms with Crippen LogP contribution in [0, 0.1) is 0 Å². The van der Waals surface area contributed by atoms with E-state index in [-0.39, 0.29) is 12.2 Å². The number of ketones is 1. The third kappa shape index (κ3) is 2.00. The average molecular weight is 236 g/mol. The highest BCUT2D eigenvalue weighted by Gasteiger charge is 2.36. The topological polar surface area (TPSA) is 55.8 Å². The number of carbonyl (C=O) groups excluding carboxylic acids is 1. The Kier molecular flexibility index (Phi) is 2.83. The van der Waals surface area contributed by atoms with E-state index in [9.17, 15) is 9.90 Å². The van der Waals surface area contributed by atoms with E-state index in [4.69, 9.17) is 9.47 Å². The summed E-state index contributed by atoms with van der Waals surface area (Å²) >= 11 is 0. The minimum absolute atomic E-state index is 0.105. The molecule has 0 amide bonds. The Hall–Kier alpha value is -1.55. The van der Waals surface area contributed by atoms with Crippen LogP contribution in [-0.2, 0) is 6.42 Å². The number of carbonyl (C=O) groups is 1. The molecule has 0 saturated carbocycles. The van der Waals surface area contributed by atoms with Gasteiger partial charge in [-0.25, -0.2) is 0 Å². The van der Waals surface area contributed by atoms with E-state index in [2.05, 4.69) is 0 Å². The van der Waals surface area contributed by atoms with Gasteiger partial charge >= 0.3 is 0 Å². The van der Waals surface area contributed by atoms with Gasteiger partial charge in [0.2, 0.25) is 0 Å². The van der Waals surface area contributed by atoms with Crippen molar-refractivity contribution in [1.29, 1.82) is 0 Å². The molecule has 17 heavy (non-hydrogen) atoms. The van der Waals surface area contributed by atoms with Crippen LogP contribution in [0.5, 0.6) is 11.5 Å². The molecule has 0 spiro atoms. The Balaban J connectivity index is 2.63. The Morgan fingerprint density at radius 1 is 1.18 bits per heavy atom. The number of hydrogen-bond acceptors (Lipinski definition) is 4. The van der Waals surface area contributed by atoms with Gasteiger partial charge in [0.15, 0.2) is 5.78 Å². The molecule has 4 heteroatoms. The van der Waals surface area contributed by atoms with Gasteiger partial charge in [-0.2, -0.15) is 0 Å². The van der Waals surface area contributed by atoms with Crippen molar-refractivity contribution in [2.24, 2.45) is 0 Å². The van der Waals surface area contributed by atoms with Crippen molar-refractivity contribution in [1.82, 2.24) is 0 Å². The maximum atomic E-state index is 12.1. The second kappa shape index (κ2) is 4.04. The summed E-state index contributed by atoms with van der Waals surface area (Å²) in [4.78, 5) is 12.1. The largest absolute Gasteiger partial charge is 0.496 e. The van der Waals surface area contributed by atoms with Crippen molar-refractivity contribution in [3.8, 4) is 11.5 Å². The van der Waals surface area contributed by atoms with Crippen LogP contribution in [0.1, 0.15) is 29.3 Å². The Morgan fingerprint density at radius 3 is 2.35 bits per heavy atom. The van der Waals surface area contributed by atoms with E-state index < -0.39 is 5.60 Å². The van der Waals surface area contributed by atoms with Crippen LogP contribution in [0.2, 0.25) is 0 Å². The zero-order valence-corrected chi connectivity index (χ0v) is 10.2. The fourth-order valence-corrected chi connectivity index (χ4v) is 2.33. The average Bonchev–Trinajstić information content (AvgIpc) is 2.25. The maximum absolute atomic E-state index is 12.1. The zero-order valence-electron chi connectivity index (χ0n) is 10.2. The summed E-state index contributed by atoms with van der Waals surface area (Å²) in [6.45, 7) is 1.66. The van der Waals surface area contributed by atoms with Crippen LogP contribution in [0.15, 0.2) is 12.1 Å². The first kappa shape index (κ1) is 11.9. The quantitative estimate of drug-likeness (QED) is 0.847. The van der Waals surface area contributed by atoms with E-state index in [1.165, 1.54) is 7.11 Å². The molecule has 0 heterocycles. The molecule has 0 aliphatic heterocycles. The molecular formula is C13H16O4. The summed E-state index contributed by atoms with van der Waals surface area (Å²) in [6.07, 6.45) is 0.512. The highest BCUT2D eigenvalue weighted by Crippen LogP contribution is 2.39. The van der Waals surface area contributed by atoms with Gasteiger partial charge in [0.05, 0.1) is 25.4 Å². The molecule has 0 bridgehead atoms. The van der Waals surface area contributed by atoms with Crippen LogP contribution in [0.4, 0.5) is 0 Å². The number of aliphatic hydroxyl groups is 1. The molecule has 1 atom stereocenters. The van der Waals surface area contributed by atoms with Crippen molar-refractivity contribution in [2.45, 2.75) is 25.4 Å². The number of benzene rings is 1. The number of fused-ring (bicyclic) bond motifs is 1. The van der Waals surface area contributed by atoms with E-state index in [0.717, 1.165) is 5.56 Å². The first-order valence-electron chi connectivity index (χ1n) is 5.48.